The third-order valence-corrected chi connectivity index (χ3v) is 12.6. The minimum absolute atomic E-state index is 0.0555. The molecule has 0 saturated carbocycles. The molecule has 2 heterocycles. The summed E-state index contributed by atoms with van der Waals surface area (Å²) in [6.45, 7) is 28.6. The number of allylic oxidation sites excluding steroid dienone is 4. The average Bonchev–Trinajstić information content (AvgIpc) is 3.18. The summed E-state index contributed by atoms with van der Waals surface area (Å²) < 4.78 is 4.97. The molecule has 0 amide bonds. The molecule has 3 nitrogen and oxygen atoms in total. The van der Waals surface area contributed by atoms with Crippen LogP contribution in [0.4, 0.5) is 0 Å². The Morgan fingerprint density at radius 1 is 0.632 bits per heavy atom. The molecular formula is C33H48O3S2. The van der Waals surface area contributed by atoms with Crippen LogP contribution in [0.15, 0.2) is 46.6 Å². The molecule has 2 aliphatic heterocycles. The first-order valence-electron chi connectivity index (χ1n) is 14.0. The number of hydrogen-bond donors (Lipinski definition) is 0. The molecule has 0 radical (unpaired) electrons. The number of carbonyl (C=O) groups excluding carboxylic acids is 2. The molecule has 2 fully saturated rings. The van der Waals surface area contributed by atoms with Gasteiger partial charge >= 0.3 is 0 Å². The number of thioether (sulfide) groups is 2. The molecule has 0 N–H and O–H groups in total. The minimum Gasteiger partial charge on any atom is -0.376 e. The number of hydrogen-bond acceptors (Lipinski definition) is 5. The van der Waals surface area contributed by atoms with Crippen molar-refractivity contribution in [1.29, 1.82) is 0 Å². The van der Waals surface area contributed by atoms with E-state index < -0.39 is 9.49 Å². The maximum atomic E-state index is 14.0. The normalized spacial score (nSPS) is 27.1. The standard InChI is InChI=1S/C33H48O3S2/c1-20-33(14-15-36-20)37-31(16-21(27(2,3)4)25(34)22(17-31)28(5,6)7)32(38-33)18-23(29(8,9)10)26(35)24(19-32)30(11,12)13/h16-20H,14-15H2,1-13H3. The third kappa shape index (κ3) is 4.67. The smallest absolute Gasteiger partial charge is 0.185 e. The molecule has 5 heteroatoms. The van der Waals surface area contributed by atoms with E-state index in [2.05, 4.69) is 114 Å². The molecule has 0 aromatic carbocycles. The molecule has 4 aliphatic rings. The highest BCUT2D eigenvalue weighted by Gasteiger charge is 2.67. The van der Waals surface area contributed by atoms with Gasteiger partial charge in [0.2, 0.25) is 0 Å². The van der Waals surface area contributed by atoms with E-state index >= 15 is 0 Å². The van der Waals surface area contributed by atoms with E-state index in [4.69, 9.17) is 4.74 Å². The van der Waals surface area contributed by atoms with E-state index in [1.54, 1.807) is 0 Å². The third-order valence-electron chi connectivity index (χ3n) is 8.38. The molecule has 38 heavy (non-hydrogen) atoms. The van der Waals surface area contributed by atoms with Crippen molar-refractivity contribution in [2.24, 2.45) is 21.7 Å². The van der Waals surface area contributed by atoms with Gasteiger partial charge < -0.3 is 4.74 Å². The van der Waals surface area contributed by atoms with Crippen LogP contribution in [0.2, 0.25) is 0 Å². The van der Waals surface area contributed by atoms with Crippen LogP contribution >= 0.6 is 23.5 Å². The quantitative estimate of drug-likeness (QED) is 0.299. The number of carbonyl (C=O) groups is 2. The first kappa shape index (κ1) is 29.9. The lowest BCUT2D eigenvalue weighted by molar-refractivity contribution is -0.115. The van der Waals surface area contributed by atoms with Crippen LogP contribution in [0.5, 0.6) is 0 Å². The summed E-state index contributed by atoms with van der Waals surface area (Å²) in [5, 5.41) is 0. The van der Waals surface area contributed by atoms with Crippen LogP contribution in [0.1, 0.15) is 96.4 Å². The lowest BCUT2D eigenvalue weighted by Crippen LogP contribution is -2.48. The Morgan fingerprint density at radius 2 is 0.921 bits per heavy atom. The molecule has 2 saturated heterocycles. The second-order valence-corrected chi connectivity index (χ2v) is 19.2. The molecule has 3 spiro atoms. The van der Waals surface area contributed by atoms with Gasteiger partial charge in [0, 0.05) is 28.9 Å². The Morgan fingerprint density at radius 3 is 1.13 bits per heavy atom. The van der Waals surface area contributed by atoms with Crippen molar-refractivity contribution in [2.45, 2.75) is 116 Å². The van der Waals surface area contributed by atoms with Crippen LogP contribution < -0.4 is 0 Å². The Balaban J connectivity index is 2.16. The molecule has 1 unspecified atom stereocenters. The van der Waals surface area contributed by atoms with Crippen LogP contribution in [-0.4, -0.2) is 37.9 Å². The summed E-state index contributed by atoms with van der Waals surface area (Å²) in [5.41, 5.74) is 2.23. The Kier molecular flexibility index (Phi) is 6.87. The van der Waals surface area contributed by atoms with Crippen LogP contribution in [0, 0.1) is 21.7 Å². The van der Waals surface area contributed by atoms with E-state index in [1.807, 2.05) is 23.5 Å². The van der Waals surface area contributed by atoms with Gasteiger partial charge in [-0.1, -0.05) is 107 Å². The monoisotopic (exact) mass is 556 g/mol. The number of Topliss-reactive ketones (excluding diaryl/α,β-unsaturated/α-hetero) is 2. The summed E-state index contributed by atoms with van der Waals surface area (Å²) in [4.78, 5) is 28.1. The Labute approximate surface area is 239 Å². The van der Waals surface area contributed by atoms with E-state index in [9.17, 15) is 9.59 Å². The Hall–Kier alpha value is -1.04. The molecule has 0 aromatic heterocycles. The number of fused-ring (bicyclic) bond motifs is 1. The van der Waals surface area contributed by atoms with E-state index in [1.165, 1.54) is 0 Å². The number of ether oxygens (including phenoxy) is 1. The fourth-order valence-corrected chi connectivity index (χ4v) is 10.5. The van der Waals surface area contributed by atoms with Crippen LogP contribution in [-0.2, 0) is 14.3 Å². The molecule has 0 aromatic rings. The van der Waals surface area contributed by atoms with E-state index in [0.717, 1.165) is 35.3 Å². The molecule has 0 bridgehead atoms. The SMILES string of the molecule is CC1OCCC12SC1(C=C(C(C)(C)C)C(=O)C(C(C)(C)C)=C1)C1(C=C(C(C)(C)C)C(=O)C(C(C)(C)C)=C1)S2. The van der Waals surface area contributed by atoms with Crippen molar-refractivity contribution >= 4 is 35.1 Å². The van der Waals surface area contributed by atoms with Gasteiger partial charge in [-0.2, -0.15) is 0 Å². The fraction of sp³-hybridized carbons (Fsp3) is 0.697. The lowest BCUT2D eigenvalue weighted by atomic mass is 9.65. The van der Waals surface area contributed by atoms with E-state index in [-0.39, 0.29) is 43.4 Å². The van der Waals surface area contributed by atoms with Gasteiger partial charge in [0.15, 0.2) is 11.6 Å². The fourth-order valence-electron chi connectivity index (χ4n) is 6.02. The maximum Gasteiger partial charge on any atom is 0.185 e. The van der Waals surface area contributed by atoms with Gasteiger partial charge in [0.25, 0.3) is 0 Å². The first-order valence-corrected chi connectivity index (χ1v) is 15.7. The maximum absolute atomic E-state index is 14.0. The summed E-state index contributed by atoms with van der Waals surface area (Å²) >= 11 is 3.92. The highest BCUT2D eigenvalue weighted by Crippen LogP contribution is 2.73. The summed E-state index contributed by atoms with van der Waals surface area (Å²) in [6.07, 6.45) is 10.1. The van der Waals surface area contributed by atoms with Crippen molar-refractivity contribution < 1.29 is 14.3 Å². The highest BCUT2D eigenvalue weighted by molar-refractivity contribution is 8.23. The van der Waals surface area contributed by atoms with E-state index in [0.29, 0.717) is 0 Å². The second kappa shape index (κ2) is 8.73. The molecule has 210 valence electrons. The van der Waals surface area contributed by atoms with Crippen molar-refractivity contribution in [3.8, 4) is 0 Å². The summed E-state index contributed by atoms with van der Waals surface area (Å²) in [6, 6.07) is 0. The second-order valence-electron chi connectivity index (χ2n) is 15.8. The van der Waals surface area contributed by atoms with Crippen molar-refractivity contribution in [1.82, 2.24) is 0 Å². The topological polar surface area (TPSA) is 43.4 Å². The number of rotatable bonds is 0. The van der Waals surface area contributed by atoms with Crippen LogP contribution in [0.3, 0.4) is 0 Å². The summed E-state index contributed by atoms with van der Waals surface area (Å²) in [5.74, 6) is 0.306. The lowest BCUT2D eigenvalue weighted by Gasteiger charge is -2.46. The zero-order valence-electron chi connectivity index (χ0n) is 25.8. The van der Waals surface area contributed by atoms with Crippen molar-refractivity contribution in [2.75, 3.05) is 6.61 Å². The Bertz CT molecular complexity index is 1030. The molecule has 2 aliphatic carbocycles. The predicted octanol–water partition coefficient (Wildman–Crippen LogP) is 8.50. The predicted molar refractivity (Wildman–Crippen MR) is 164 cm³/mol. The van der Waals surface area contributed by atoms with Gasteiger partial charge in [0.1, 0.15) is 0 Å². The number of ketones is 2. The summed E-state index contributed by atoms with van der Waals surface area (Å²) in [7, 11) is 0. The minimum atomic E-state index is -0.535. The molecule has 1 atom stereocenters. The van der Waals surface area contributed by atoms with Gasteiger partial charge in [-0.05, 0) is 35.0 Å². The van der Waals surface area contributed by atoms with Gasteiger partial charge in [-0.3, -0.25) is 9.59 Å². The zero-order chi connectivity index (χ0) is 28.9. The molecular weight excluding hydrogens is 508 g/mol. The first-order chi connectivity index (χ1) is 17.0. The van der Waals surface area contributed by atoms with Crippen molar-refractivity contribution in [3.05, 3.63) is 46.6 Å². The van der Waals surface area contributed by atoms with Gasteiger partial charge in [0.05, 0.1) is 19.7 Å². The van der Waals surface area contributed by atoms with Gasteiger partial charge in [-0.15, -0.1) is 23.5 Å². The largest absolute Gasteiger partial charge is 0.376 e. The average molecular weight is 557 g/mol. The van der Waals surface area contributed by atoms with Crippen LogP contribution in [0.25, 0.3) is 0 Å². The molecule has 4 rings (SSSR count). The van der Waals surface area contributed by atoms with Gasteiger partial charge in [-0.25, -0.2) is 0 Å². The highest BCUT2D eigenvalue weighted by atomic mass is 32.2. The zero-order valence-corrected chi connectivity index (χ0v) is 27.5. The van der Waals surface area contributed by atoms with Crippen molar-refractivity contribution in [3.63, 3.8) is 0 Å².